The molecule has 0 atom stereocenters. The SMILES string of the molecule is CCCCc1c(C(=O)O)n(CCC2CCCCC2)c(=O)n1Cc1ccc(-c2ccccc2C(=O)O)cc1. The summed E-state index contributed by atoms with van der Waals surface area (Å²) in [6.07, 6.45) is 9.05. The van der Waals surface area contributed by atoms with E-state index in [1.54, 1.807) is 28.8 Å². The standard InChI is InChI=1S/C30H36N2O5/c1-2-3-13-26-27(29(35)36)31(19-18-21-9-5-4-6-10-21)30(37)32(26)20-22-14-16-23(17-15-22)24-11-7-8-12-25(24)28(33)34/h7-8,11-12,14-17,21H,2-6,9-10,13,18-20H2,1H3,(H,33,34)(H,35,36). The van der Waals surface area contributed by atoms with E-state index < -0.39 is 11.9 Å². The van der Waals surface area contributed by atoms with Crippen LogP contribution < -0.4 is 5.69 Å². The largest absolute Gasteiger partial charge is 0.478 e. The van der Waals surface area contributed by atoms with Crippen molar-refractivity contribution in [3.63, 3.8) is 0 Å². The molecule has 2 N–H and O–H groups in total. The zero-order valence-electron chi connectivity index (χ0n) is 21.5. The first-order chi connectivity index (χ1) is 17.9. The lowest BCUT2D eigenvalue weighted by molar-refractivity contribution is 0.0676. The van der Waals surface area contributed by atoms with Crippen LogP contribution in [0.15, 0.2) is 53.3 Å². The number of aromatic nitrogens is 2. The van der Waals surface area contributed by atoms with Gasteiger partial charge in [0.2, 0.25) is 0 Å². The quantitative estimate of drug-likeness (QED) is 0.330. The number of carbonyl (C=O) groups is 2. The van der Waals surface area contributed by atoms with Crippen LogP contribution in [0.5, 0.6) is 0 Å². The molecule has 1 fully saturated rings. The highest BCUT2D eigenvalue weighted by Gasteiger charge is 2.25. The molecule has 0 radical (unpaired) electrons. The Kier molecular flexibility index (Phi) is 8.64. The van der Waals surface area contributed by atoms with Crippen molar-refractivity contribution >= 4 is 11.9 Å². The number of rotatable bonds is 11. The molecule has 0 saturated heterocycles. The van der Waals surface area contributed by atoms with E-state index in [-0.39, 0.29) is 23.5 Å². The van der Waals surface area contributed by atoms with Gasteiger partial charge in [0.1, 0.15) is 0 Å². The van der Waals surface area contributed by atoms with Gasteiger partial charge in [0.05, 0.1) is 17.8 Å². The highest BCUT2D eigenvalue weighted by molar-refractivity contribution is 5.96. The number of hydrogen-bond acceptors (Lipinski definition) is 3. The molecular weight excluding hydrogens is 468 g/mol. The molecule has 3 aromatic rings. The first kappa shape index (κ1) is 26.5. The van der Waals surface area contributed by atoms with Gasteiger partial charge in [0.15, 0.2) is 5.69 Å². The fraction of sp³-hybridized carbons (Fsp3) is 0.433. The number of unbranched alkanes of at least 4 members (excludes halogenated alkanes) is 1. The highest BCUT2D eigenvalue weighted by atomic mass is 16.4. The molecule has 0 aliphatic heterocycles. The maximum atomic E-state index is 13.6. The van der Waals surface area contributed by atoms with E-state index in [2.05, 4.69) is 6.92 Å². The smallest absolute Gasteiger partial charge is 0.354 e. The molecule has 1 heterocycles. The molecule has 7 heteroatoms. The van der Waals surface area contributed by atoms with Crippen molar-refractivity contribution in [2.45, 2.75) is 77.8 Å². The van der Waals surface area contributed by atoms with Crippen LogP contribution in [-0.2, 0) is 19.5 Å². The lowest BCUT2D eigenvalue weighted by atomic mass is 9.87. The Morgan fingerprint density at radius 1 is 0.919 bits per heavy atom. The van der Waals surface area contributed by atoms with Crippen molar-refractivity contribution in [3.05, 3.63) is 81.5 Å². The number of aromatic carboxylic acids is 2. The topological polar surface area (TPSA) is 102 Å². The second kappa shape index (κ2) is 12.1. The van der Waals surface area contributed by atoms with E-state index in [1.807, 2.05) is 24.3 Å². The molecule has 0 unspecified atom stereocenters. The van der Waals surface area contributed by atoms with E-state index in [1.165, 1.54) is 23.8 Å². The molecule has 0 amide bonds. The normalized spacial score (nSPS) is 14.1. The molecule has 1 aromatic heterocycles. The Bertz CT molecular complexity index is 1300. The Morgan fingerprint density at radius 2 is 1.62 bits per heavy atom. The summed E-state index contributed by atoms with van der Waals surface area (Å²) < 4.78 is 3.11. The number of imidazole rings is 1. The fourth-order valence-electron chi connectivity index (χ4n) is 5.53. The van der Waals surface area contributed by atoms with Crippen LogP contribution >= 0.6 is 0 Å². The van der Waals surface area contributed by atoms with Crippen LogP contribution in [-0.4, -0.2) is 31.3 Å². The number of benzene rings is 2. The summed E-state index contributed by atoms with van der Waals surface area (Å²) in [6, 6.07) is 14.3. The average molecular weight is 505 g/mol. The maximum absolute atomic E-state index is 13.6. The Balaban J connectivity index is 1.65. The van der Waals surface area contributed by atoms with E-state index in [0.717, 1.165) is 43.2 Å². The minimum Gasteiger partial charge on any atom is -0.478 e. The third-order valence-electron chi connectivity index (χ3n) is 7.55. The summed E-state index contributed by atoms with van der Waals surface area (Å²) in [5, 5.41) is 19.6. The molecule has 2 aromatic carbocycles. The first-order valence-corrected chi connectivity index (χ1v) is 13.4. The van der Waals surface area contributed by atoms with E-state index in [4.69, 9.17) is 0 Å². The van der Waals surface area contributed by atoms with E-state index in [9.17, 15) is 24.6 Å². The van der Waals surface area contributed by atoms with Gasteiger partial charge in [-0.05, 0) is 47.9 Å². The van der Waals surface area contributed by atoms with Gasteiger partial charge in [-0.3, -0.25) is 9.13 Å². The highest BCUT2D eigenvalue weighted by Crippen LogP contribution is 2.28. The van der Waals surface area contributed by atoms with E-state index in [0.29, 0.717) is 30.1 Å². The molecule has 1 aliphatic carbocycles. The summed E-state index contributed by atoms with van der Waals surface area (Å²) in [4.78, 5) is 37.5. The monoisotopic (exact) mass is 504 g/mol. The second-order valence-electron chi connectivity index (χ2n) is 10.1. The molecule has 1 saturated carbocycles. The molecule has 196 valence electrons. The number of hydrogen-bond donors (Lipinski definition) is 2. The minimum atomic E-state index is -1.05. The van der Waals surface area contributed by atoms with Crippen molar-refractivity contribution in [3.8, 4) is 11.1 Å². The lowest BCUT2D eigenvalue weighted by Crippen LogP contribution is -2.27. The third-order valence-corrected chi connectivity index (χ3v) is 7.55. The van der Waals surface area contributed by atoms with Gasteiger partial charge >= 0.3 is 17.6 Å². The van der Waals surface area contributed by atoms with Crippen LogP contribution in [0.3, 0.4) is 0 Å². The van der Waals surface area contributed by atoms with Crippen molar-refractivity contribution in [1.82, 2.24) is 9.13 Å². The van der Waals surface area contributed by atoms with E-state index >= 15 is 0 Å². The fourth-order valence-corrected chi connectivity index (χ4v) is 5.53. The van der Waals surface area contributed by atoms with Gasteiger partial charge < -0.3 is 10.2 Å². The van der Waals surface area contributed by atoms with Crippen molar-refractivity contribution in [2.24, 2.45) is 5.92 Å². The van der Waals surface area contributed by atoms with Gasteiger partial charge in [-0.1, -0.05) is 87.9 Å². The number of carboxylic acids is 2. The summed E-state index contributed by atoms with van der Waals surface area (Å²) in [7, 11) is 0. The predicted octanol–water partition coefficient (Wildman–Crippen LogP) is 6.07. The zero-order valence-corrected chi connectivity index (χ0v) is 21.5. The van der Waals surface area contributed by atoms with Crippen LogP contribution in [0.4, 0.5) is 0 Å². The Hall–Kier alpha value is -3.61. The van der Waals surface area contributed by atoms with Crippen LogP contribution in [0, 0.1) is 5.92 Å². The molecule has 4 rings (SSSR count). The van der Waals surface area contributed by atoms with Gasteiger partial charge in [-0.15, -0.1) is 0 Å². The zero-order chi connectivity index (χ0) is 26.4. The summed E-state index contributed by atoms with van der Waals surface area (Å²) in [5.74, 6) is -1.49. The summed E-state index contributed by atoms with van der Waals surface area (Å²) >= 11 is 0. The molecule has 0 spiro atoms. The summed E-state index contributed by atoms with van der Waals surface area (Å²) in [5.41, 5.74) is 2.94. The minimum absolute atomic E-state index is 0.126. The van der Waals surface area contributed by atoms with Gasteiger partial charge in [-0.25, -0.2) is 14.4 Å². The third kappa shape index (κ3) is 6.04. The van der Waals surface area contributed by atoms with Gasteiger partial charge in [0, 0.05) is 6.54 Å². The van der Waals surface area contributed by atoms with Crippen LogP contribution in [0.1, 0.15) is 90.4 Å². The predicted molar refractivity (Wildman–Crippen MR) is 143 cm³/mol. The Morgan fingerprint density at radius 3 is 2.27 bits per heavy atom. The molecule has 37 heavy (non-hydrogen) atoms. The molecular formula is C30H36N2O5. The van der Waals surface area contributed by atoms with Crippen LogP contribution in [0.25, 0.3) is 11.1 Å². The Labute approximate surface area is 217 Å². The maximum Gasteiger partial charge on any atom is 0.354 e. The lowest BCUT2D eigenvalue weighted by Gasteiger charge is -2.21. The second-order valence-corrected chi connectivity index (χ2v) is 10.1. The van der Waals surface area contributed by atoms with Gasteiger partial charge in [0.25, 0.3) is 0 Å². The first-order valence-electron chi connectivity index (χ1n) is 13.4. The van der Waals surface area contributed by atoms with Crippen molar-refractivity contribution in [2.75, 3.05) is 0 Å². The van der Waals surface area contributed by atoms with Gasteiger partial charge in [-0.2, -0.15) is 0 Å². The van der Waals surface area contributed by atoms with Crippen molar-refractivity contribution < 1.29 is 19.8 Å². The molecule has 1 aliphatic rings. The summed E-state index contributed by atoms with van der Waals surface area (Å²) in [6.45, 7) is 2.76. The van der Waals surface area contributed by atoms with Crippen molar-refractivity contribution in [1.29, 1.82) is 0 Å². The van der Waals surface area contributed by atoms with Crippen LogP contribution in [0.2, 0.25) is 0 Å². The molecule has 7 nitrogen and oxygen atoms in total. The number of carboxylic acid groups (broad SMARTS) is 2. The molecule has 0 bridgehead atoms. The number of nitrogens with zero attached hydrogens (tertiary/aromatic N) is 2. The average Bonchev–Trinajstić information content (AvgIpc) is 3.17.